The van der Waals surface area contributed by atoms with E-state index in [-0.39, 0.29) is 23.8 Å². The van der Waals surface area contributed by atoms with Crippen molar-refractivity contribution >= 4 is 11.9 Å². The zero-order chi connectivity index (χ0) is 15.4. The number of benzene rings is 1. The molecule has 0 aliphatic heterocycles. The van der Waals surface area contributed by atoms with Crippen molar-refractivity contribution in [3.05, 3.63) is 58.9 Å². The van der Waals surface area contributed by atoms with E-state index in [1.807, 2.05) is 0 Å². The van der Waals surface area contributed by atoms with Crippen LogP contribution >= 0.6 is 0 Å². The third-order valence-corrected chi connectivity index (χ3v) is 2.95. The molecule has 0 aliphatic carbocycles. The minimum absolute atomic E-state index is 0.120. The van der Waals surface area contributed by atoms with E-state index >= 15 is 0 Å². The predicted molar refractivity (Wildman–Crippen MR) is 75.2 cm³/mol. The molecule has 1 aromatic carbocycles. The number of carboxylic acid groups (broad SMARTS) is 1. The Labute approximate surface area is 121 Å². The van der Waals surface area contributed by atoms with E-state index in [2.05, 4.69) is 10.3 Å². The lowest BCUT2D eigenvalue weighted by Crippen LogP contribution is -2.23. The molecule has 0 aliphatic rings. The van der Waals surface area contributed by atoms with E-state index in [4.69, 9.17) is 5.11 Å². The molecule has 1 heterocycles. The summed E-state index contributed by atoms with van der Waals surface area (Å²) in [5, 5.41) is 21.0. The molecule has 0 unspecified atom stereocenters. The summed E-state index contributed by atoms with van der Waals surface area (Å²) in [5.74, 6) is -1.23. The normalized spacial score (nSPS) is 10.1. The summed E-state index contributed by atoms with van der Waals surface area (Å²) in [6, 6.07) is 7.33. The number of hydrogen-bond acceptors (Lipinski definition) is 4. The number of carbonyl (C=O) groups excluding carboxylic acids is 1. The van der Waals surface area contributed by atoms with Crippen LogP contribution in [0.25, 0.3) is 0 Å². The van der Waals surface area contributed by atoms with Gasteiger partial charge in [0.1, 0.15) is 5.75 Å². The van der Waals surface area contributed by atoms with Crippen molar-refractivity contribution in [2.75, 3.05) is 0 Å². The Hall–Kier alpha value is -2.89. The molecule has 0 bridgehead atoms. The minimum atomic E-state index is -1.04. The zero-order valence-electron chi connectivity index (χ0n) is 11.3. The van der Waals surface area contributed by atoms with Gasteiger partial charge in [0.15, 0.2) is 0 Å². The Kier molecular flexibility index (Phi) is 4.18. The van der Waals surface area contributed by atoms with Gasteiger partial charge in [-0.1, -0.05) is 0 Å². The van der Waals surface area contributed by atoms with Crippen molar-refractivity contribution in [2.24, 2.45) is 0 Å². The fourth-order valence-electron chi connectivity index (χ4n) is 1.78. The van der Waals surface area contributed by atoms with Crippen LogP contribution in [0.2, 0.25) is 0 Å². The fraction of sp³-hybridized carbons (Fsp3) is 0.133. The number of nitrogens with zero attached hydrogens (tertiary/aromatic N) is 1. The molecule has 0 atom stereocenters. The van der Waals surface area contributed by atoms with Gasteiger partial charge >= 0.3 is 5.97 Å². The highest BCUT2D eigenvalue weighted by atomic mass is 16.4. The van der Waals surface area contributed by atoms with Crippen LogP contribution in [0.15, 0.2) is 36.5 Å². The summed E-state index contributed by atoms with van der Waals surface area (Å²) >= 11 is 0. The molecule has 108 valence electrons. The van der Waals surface area contributed by atoms with Gasteiger partial charge in [0, 0.05) is 11.8 Å². The van der Waals surface area contributed by atoms with Crippen molar-refractivity contribution in [1.82, 2.24) is 10.3 Å². The number of pyridine rings is 1. The molecule has 0 fully saturated rings. The molecule has 6 heteroatoms. The second kappa shape index (κ2) is 6.04. The van der Waals surface area contributed by atoms with Crippen LogP contribution in [0, 0.1) is 6.92 Å². The first-order chi connectivity index (χ1) is 9.97. The second-order valence-electron chi connectivity index (χ2n) is 4.52. The monoisotopic (exact) mass is 286 g/mol. The van der Waals surface area contributed by atoms with E-state index in [1.54, 1.807) is 13.0 Å². The lowest BCUT2D eigenvalue weighted by molar-refractivity contribution is 0.0696. The largest absolute Gasteiger partial charge is 0.508 e. The molecular formula is C15H14N2O4. The summed E-state index contributed by atoms with van der Waals surface area (Å²) in [4.78, 5) is 26.8. The molecule has 1 aromatic heterocycles. The molecule has 2 aromatic rings. The average molecular weight is 286 g/mol. The van der Waals surface area contributed by atoms with E-state index in [9.17, 15) is 14.7 Å². The highest BCUT2D eigenvalue weighted by molar-refractivity contribution is 5.94. The van der Waals surface area contributed by atoms with Crippen LogP contribution in [0.5, 0.6) is 5.75 Å². The van der Waals surface area contributed by atoms with Crippen molar-refractivity contribution in [1.29, 1.82) is 0 Å². The third-order valence-electron chi connectivity index (χ3n) is 2.95. The Morgan fingerprint density at radius 1 is 1.19 bits per heavy atom. The molecule has 2 rings (SSSR count). The maximum absolute atomic E-state index is 12.0. The summed E-state index contributed by atoms with van der Waals surface area (Å²) in [6.45, 7) is 1.82. The van der Waals surface area contributed by atoms with Crippen LogP contribution in [-0.2, 0) is 6.54 Å². The SMILES string of the molecule is Cc1cc(C(=O)NCc2cc(C(=O)O)ccn2)ccc1O. The van der Waals surface area contributed by atoms with Crippen molar-refractivity contribution in [2.45, 2.75) is 13.5 Å². The molecular weight excluding hydrogens is 272 g/mol. The topological polar surface area (TPSA) is 99.5 Å². The molecule has 0 spiro atoms. The minimum Gasteiger partial charge on any atom is -0.508 e. The molecule has 6 nitrogen and oxygen atoms in total. The van der Waals surface area contributed by atoms with Gasteiger partial charge < -0.3 is 15.5 Å². The molecule has 0 radical (unpaired) electrons. The summed E-state index contributed by atoms with van der Waals surface area (Å²) in [7, 11) is 0. The molecule has 1 amide bonds. The first-order valence-electron chi connectivity index (χ1n) is 6.23. The molecule has 3 N–H and O–H groups in total. The number of aromatic nitrogens is 1. The zero-order valence-corrected chi connectivity index (χ0v) is 11.3. The molecule has 21 heavy (non-hydrogen) atoms. The molecule has 0 saturated carbocycles. The van der Waals surface area contributed by atoms with Crippen LogP contribution in [0.1, 0.15) is 32.0 Å². The Bertz CT molecular complexity index is 698. The maximum atomic E-state index is 12.0. The predicted octanol–water partition coefficient (Wildman–Crippen LogP) is 1.72. The number of nitrogens with one attached hydrogen (secondary N) is 1. The third kappa shape index (κ3) is 3.56. The smallest absolute Gasteiger partial charge is 0.335 e. The summed E-state index contributed by atoms with van der Waals surface area (Å²) in [6.07, 6.45) is 1.38. The van der Waals surface area contributed by atoms with Gasteiger partial charge in [-0.25, -0.2) is 4.79 Å². The van der Waals surface area contributed by atoms with Crippen LogP contribution in [0.3, 0.4) is 0 Å². The second-order valence-corrected chi connectivity index (χ2v) is 4.52. The van der Waals surface area contributed by atoms with Gasteiger partial charge in [-0.2, -0.15) is 0 Å². The van der Waals surface area contributed by atoms with E-state index in [0.717, 1.165) is 0 Å². The maximum Gasteiger partial charge on any atom is 0.335 e. The number of hydrogen-bond donors (Lipinski definition) is 3. The van der Waals surface area contributed by atoms with Crippen molar-refractivity contribution < 1.29 is 19.8 Å². The van der Waals surface area contributed by atoms with Gasteiger partial charge in [-0.05, 0) is 42.8 Å². The van der Waals surface area contributed by atoms with Gasteiger partial charge in [0.25, 0.3) is 5.91 Å². The van der Waals surface area contributed by atoms with Gasteiger partial charge in [0.05, 0.1) is 17.8 Å². The first-order valence-corrected chi connectivity index (χ1v) is 6.23. The number of rotatable bonds is 4. The fourth-order valence-corrected chi connectivity index (χ4v) is 1.78. The number of aryl methyl sites for hydroxylation is 1. The summed E-state index contributed by atoms with van der Waals surface area (Å²) < 4.78 is 0. The van der Waals surface area contributed by atoms with Gasteiger partial charge in [-0.3, -0.25) is 9.78 Å². The van der Waals surface area contributed by atoms with Crippen molar-refractivity contribution in [3.63, 3.8) is 0 Å². The highest BCUT2D eigenvalue weighted by Gasteiger charge is 2.09. The Balaban J connectivity index is 2.05. The number of phenols is 1. The molecule has 0 saturated heterocycles. The van der Waals surface area contributed by atoms with E-state index < -0.39 is 5.97 Å². The first kappa shape index (κ1) is 14.5. The number of aromatic hydroxyl groups is 1. The highest BCUT2D eigenvalue weighted by Crippen LogP contribution is 2.16. The van der Waals surface area contributed by atoms with E-state index in [1.165, 1.54) is 30.5 Å². The Morgan fingerprint density at radius 3 is 2.62 bits per heavy atom. The number of aromatic carboxylic acids is 1. The van der Waals surface area contributed by atoms with Crippen molar-refractivity contribution in [3.8, 4) is 5.75 Å². The van der Waals surface area contributed by atoms with Gasteiger partial charge in [0.2, 0.25) is 0 Å². The Morgan fingerprint density at radius 2 is 1.95 bits per heavy atom. The number of amides is 1. The van der Waals surface area contributed by atoms with Gasteiger partial charge in [-0.15, -0.1) is 0 Å². The van der Waals surface area contributed by atoms with Crippen LogP contribution in [-0.4, -0.2) is 27.1 Å². The lowest BCUT2D eigenvalue weighted by atomic mass is 10.1. The number of carbonyl (C=O) groups is 2. The standard InChI is InChI=1S/C15H14N2O4/c1-9-6-10(2-3-13(9)18)14(19)17-8-12-7-11(15(20)21)4-5-16-12/h2-7,18H,8H2,1H3,(H,17,19)(H,20,21). The van der Waals surface area contributed by atoms with Crippen LogP contribution in [0.4, 0.5) is 0 Å². The number of carboxylic acids is 1. The van der Waals surface area contributed by atoms with E-state index in [0.29, 0.717) is 16.8 Å². The van der Waals surface area contributed by atoms with Crippen LogP contribution < -0.4 is 5.32 Å². The quantitative estimate of drug-likeness (QED) is 0.794. The summed E-state index contributed by atoms with van der Waals surface area (Å²) in [5.41, 5.74) is 1.60. The average Bonchev–Trinajstić information content (AvgIpc) is 2.48. The number of phenolic OH excluding ortho intramolecular Hbond substituents is 1. The lowest BCUT2D eigenvalue weighted by Gasteiger charge is -2.07.